The van der Waals surface area contributed by atoms with Crippen LogP contribution >= 0.6 is 0 Å². The summed E-state index contributed by atoms with van der Waals surface area (Å²) in [6.07, 6.45) is 2.76. The Morgan fingerprint density at radius 3 is 2.54 bits per heavy atom. The summed E-state index contributed by atoms with van der Waals surface area (Å²) in [4.78, 5) is 2.48. The van der Waals surface area contributed by atoms with Gasteiger partial charge >= 0.3 is 0 Å². The molecule has 0 saturated carbocycles. The molecular weight excluding hydrogens is 160 g/mol. The van der Waals surface area contributed by atoms with Crippen molar-refractivity contribution in [2.45, 2.75) is 26.7 Å². The fraction of sp³-hybridized carbons (Fsp3) is 1.00. The topological polar surface area (TPSA) is 15.3 Å². The van der Waals surface area contributed by atoms with Crippen molar-refractivity contribution >= 4 is 0 Å². The normalized spacial score (nSPS) is 39.9. The van der Waals surface area contributed by atoms with Gasteiger partial charge in [-0.2, -0.15) is 0 Å². The monoisotopic (exact) mass is 182 g/mol. The van der Waals surface area contributed by atoms with Crippen LogP contribution in [0.1, 0.15) is 26.7 Å². The molecular formula is C11H22N2. The molecule has 2 aliphatic rings. The van der Waals surface area contributed by atoms with E-state index in [2.05, 4.69) is 31.1 Å². The second kappa shape index (κ2) is 2.96. The lowest BCUT2D eigenvalue weighted by atomic mass is 9.61. The molecule has 0 bridgehead atoms. The van der Waals surface area contributed by atoms with Gasteiger partial charge < -0.3 is 10.2 Å². The molecule has 1 unspecified atom stereocenters. The maximum absolute atomic E-state index is 3.53. The second-order valence-electron chi connectivity index (χ2n) is 5.58. The molecule has 0 aromatic heterocycles. The minimum absolute atomic E-state index is 0.490. The SMILES string of the molecule is CN1CCC2(CCNC2)C(C)(C)C1. The molecule has 2 heterocycles. The number of nitrogens with zero attached hydrogens (tertiary/aromatic N) is 1. The summed E-state index contributed by atoms with van der Waals surface area (Å²) in [6, 6.07) is 0. The van der Waals surface area contributed by atoms with Crippen LogP contribution in [0.25, 0.3) is 0 Å². The van der Waals surface area contributed by atoms with E-state index in [1.54, 1.807) is 0 Å². The highest BCUT2D eigenvalue weighted by Crippen LogP contribution is 2.49. The molecule has 0 aromatic carbocycles. The molecule has 2 heteroatoms. The lowest BCUT2D eigenvalue weighted by molar-refractivity contribution is -0.00638. The van der Waals surface area contributed by atoms with Crippen molar-refractivity contribution in [2.75, 3.05) is 33.2 Å². The molecule has 1 atom stereocenters. The first-order chi connectivity index (χ1) is 6.06. The van der Waals surface area contributed by atoms with E-state index >= 15 is 0 Å². The van der Waals surface area contributed by atoms with Crippen molar-refractivity contribution in [3.63, 3.8) is 0 Å². The van der Waals surface area contributed by atoms with E-state index in [4.69, 9.17) is 0 Å². The number of likely N-dealkylation sites (tertiary alicyclic amines) is 1. The maximum Gasteiger partial charge on any atom is 0.00354 e. The van der Waals surface area contributed by atoms with Crippen molar-refractivity contribution < 1.29 is 0 Å². The van der Waals surface area contributed by atoms with E-state index in [1.165, 1.54) is 39.0 Å². The summed E-state index contributed by atoms with van der Waals surface area (Å²) in [5.74, 6) is 0. The van der Waals surface area contributed by atoms with E-state index in [0.29, 0.717) is 10.8 Å². The third-order valence-electron chi connectivity index (χ3n) is 4.32. The maximum atomic E-state index is 3.53. The van der Waals surface area contributed by atoms with Crippen molar-refractivity contribution in [3.8, 4) is 0 Å². The summed E-state index contributed by atoms with van der Waals surface area (Å²) in [7, 11) is 2.25. The fourth-order valence-corrected chi connectivity index (χ4v) is 3.20. The average molecular weight is 182 g/mol. The molecule has 2 aliphatic heterocycles. The highest BCUT2D eigenvalue weighted by Gasteiger charge is 2.49. The van der Waals surface area contributed by atoms with Gasteiger partial charge in [0.15, 0.2) is 0 Å². The first-order valence-electron chi connectivity index (χ1n) is 5.45. The molecule has 2 saturated heterocycles. The van der Waals surface area contributed by atoms with Gasteiger partial charge in [-0.1, -0.05) is 13.8 Å². The Bertz CT molecular complexity index is 192. The van der Waals surface area contributed by atoms with E-state index in [1.807, 2.05) is 0 Å². The average Bonchev–Trinajstić information content (AvgIpc) is 2.47. The molecule has 1 N–H and O–H groups in total. The number of piperidine rings is 1. The van der Waals surface area contributed by atoms with E-state index in [-0.39, 0.29) is 0 Å². The largest absolute Gasteiger partial charge is 0.316 e. The lowest BCUT2D eigenvalue weighted by Gasteiger charge is -2.50. The van der Waals surface area contributed by atoms with E-state index in [0.717, 1.165) is 0 Å². The van der Waals surface area contributed by atoms with E-state index < -0.39 is 0 Å². The van der Waals surface area contributed by atoms with Crippen molar-refractivity contribution in [3.05, 3.63) is 0 Å². The first-order valence-corrected chi connectivity index (χ1v) is 5.45. The molecule has 0 aromatic rings. The zero-order chi connectivity index (χ0) is 9.53. The number of rotatable bonds is 0. The number of hydrogen-bond donors (Lipinski definition) is 1. The molecule has 2 nitrogen and oxygen atoms in total. The zero-order valence-electron chi connectivity index (χ0n) is 9.19. The minimum atomic E-state index is 0.490. The van der Waals surface area contributed by atoms with Gasteiger partial charge in [0, 0.05) is 13.1 Å². The van der Waals surface area contributed by atoms with Gasteiger partial charge in [0.2, 0.25) is 0 Å². The van der Waals surface area contributed by atoms with Crippen LogP contribution in [-0.4, -0.2) is 38.1 Å². The summed E-state index contributed by atoms with van der Waals surface area (Å²) in [5, 5.41) is 3.53. The van der Waals surface area contributed by atoms with Crippen molar-refractivity contribution in [1.82, 2.24) is 10.2 Å². The highest BCUT2D eigenvalue weighted by atomic mass is 15.1. The minimum Gasteiger partial charge on any atom is -0.316 e. The van der Waals surface area contributed by atoms with Crippen molar-refractivity contribution in [2.24, 2.45) is 10.8 Å². The predicted molar refractivity (Wildman–Crippen MR) is 55.8 cm³/mol. The Morgan fingerprint density at radius 1 is 1.23 bits per heavy atom. The zero-order valence-corrected chi connectivity index (χ0v) is 9.19. The smallest absolute Gasteiger partial charge is 0.00354 e. The van der Waals surface area contributed by atoms with Gasteiger partial charge in [-0.15, -0.1) is 0 Å². The molecule has 2 fully saturated rings. The quantitative estimate of drug-likeness (QED) is 0.608. The summed E-state index contributed by atoms with van der Waals surface area (Å²) < 4.78 is 0. The second-order valence-corrected chi connectivity index (χ2v) is 5.58. The number of nitrogens with one attached hydrogen (secondary N) is 1. The van der Waals surface area contributed by atoms with Gasteiger partial charge in [0.1, 0.15) is 0 Å². The van der Waals surface area contributed by atoms with Crippen LogP contribution in [0.5, 0.6) is 0 Å². The van der Waals surface area contributed by atoms with Gasteiger partial charge in [0.25, 0.3) is 0 Å². The molecule has 2 rings (SSSR count). The molecule has 13 heavy (non-hydrogen) atoms. The third-order valence-corrected chi connectivity index (χ3v) is 4.32. The molecule has 0 aliphatic carbocycles. The first kappa shape index (κ1) is 9.47. The highest BCUT2D eigenvalue weighted by molar-refractivity contribution is 5.02. The number of hydrogen-bond acceptors (Lipinski definition) is 2. The molecule has 0 amide bonds. The Kier molecular flexibility index (Phi) is 2.16. The van der Waals surface area contributed by atoms with Crippen LogP contribution in [0.15, 0.2) is 0 Å². The Morgan fingerprint density at radius 2 is 2.00 bits per heavy atom. The van der Waals surface area contributed by atoms with Crippen LogP contribution in [-0.2, 0) is 0 Å². The predicted octanol–water partition coefficient (Wildman–Crippen LogP) is 1.33. The third kappa shape index (κ3) is 1.40. The Balaban J connectivity index is 2.18. The van der Waals surface area contributed by atoms with E-state index in [9.17, 15) is 0 Å². The summed E-state index contributed by atoms with van der Waals surface area (Å²) in [5.41, 5.74) is 1.09. The molecule has 76 valence electrons. The van der Waals surface area contributed by atoms with Crippen LogP contribution in [0.2, 0.25) is 0 Å². The van der Waals surface area contributed by atoms with Crippen LogP contribution in [0.3, 0.4) is 0 Å². The standard InChI is InChI=1S/C11H22N2/c1-10(2)9-13(3)7-5-11(10)4-6-12-8-11/h12H,4-9H2,1-3H3. The Hall–Kier alpha value is -0.0800. The fourth-order valence-electron chi connectivity index (χ4n) is 3.20. The van der Waals surface area contributed by atoms with Gasteiger partial charge in [-0.3, -0.25) is 0 Å². The molecule has 1 spiro atoms. The molecule has 0 radical (unpaired) electrons. The van der Waals surface area contributed by atoms with Crippen molar-refractivity contribution in [1.29, 1.82) is 0 Å². The van der Waals surface area contributed by atoms with Gasteiger partial charge in [0.05, 0.1) is 0 Å². The van der Waals surface area contributed by atoms with Gasteiger partial charge in [-0.05, 0) is 43.8 Å². The van der Waals surface area contributed by atoms with Gasteiger partial charge in [-0.25, -0.2) is 0 Å². The summed E-state index contributed by atoms with van der Waals surface area (Å²) >= 11 is 0. The Labute approximate surface area is 81.7 Å². The van der Waals surface area contributed by atoms with Crippen LogP contribution in [0, 0.1) is 10.8 Å². The lowest BCUT2D eigenvalue weighted by Crippen LogP contribution is -2.52. The summed E-state index contributed by atoms with van der Waals surface area (Å²) in [6.45, 7) is 9.89. The van der Waals surface area contributed by atoms with Crippen LogP contribution < -0.4 is 5.32 Å². The van der Waals surface area contributed by atoms with Crippen LogP contribution in [0.4, 0.5) is 0 Å².